The fourth-order valence-corrected chi connectivity index (χ4v) is 4.23. The van der Waals surface area contributed by atoms with Crippen LogP contribution in [0.2, 0.25) is 0 Å². The molecule has 8 heteroatoms. The summed E-state index contributed by atoms with van der Waals surface area (Å²) in [7, 11) is 8.03. The number of amides is 2. The van der Waals surface area contributed by atoms with Crippen LogP contribution in [0.3, 0.4) is 0 Å². The lowest BCUT2D eigenvalue weighted by Crippen LogP contribution is -2.36. The maximum atomic E-state index is 13.3. The Balaban J connectivity index is 1.99. The zero-order valence-corrected chi connectivity index (χ0v) is 20.1. The molecule has 1 heterocycles. The summed E-state index contributed by atoms with van der Waals surface area (Å²) in [6.45, 7) is 3.25. The average molecular weight is 457 g/mol. The van der Waals surface area contributed by atoms with Crippen LogP contribution in [-0.4, -0.2) is 76.7 Å². The van der Waals surface area contributed by atoms with Gasteiger partial charge < -0.3 is 28.7 Å². The monoisotopic (exact) mass is 456 g/mol. The number of rotatable bonds is 8. The highest BCUT2D eigenvalue weighted by Crippen LogP contribution is 2.43. The minimum atomic E-state index is -0.389. The van der Waals surface area contributed by atoms with E-state index in [0.29, 0.717) is 48.2 Å². The van der Waals surface area contributed by atoms with E-state index in [1.165, 1.54) is 0 Å². The molecule has 0 spiro atoms. The summed E-state index contributed by atoms with van der Waals surface area (Å²) in [4.78, 5) is 30.0. The van der Waals surface area contributed by atoms with Gasteiger partial charge in [0.05, 0.1) is 34.4 Å². The Kier molecular flexibility index (Phi) is 7.68. The zero-order chi connectivity index (χ0) is 24.1. The summed E-state index contributed by atoms with van der Waals surface area (Å²) in [5.74, 6) is 1.47. The van der Waals surface area contributed by atoms with Crippen LogP contribution < -0.4 is 18.9 Å². The normalized spacial score (nSPS) is 17.5. The number of carbonyl (C=O) groups excluding carboxylic acids is 2. The molecule has 8 nitrogen and oxygen atoms in total. The lowest BCUT2D eigenvalue weighted by Gasteiger charge is -2.24. The van der Waals surface area contributed by atoms with Gasteiger partial charge in [-0.1, -0.05) is 0 Å². The third kappa shape index (κ3) is 4.84. The van der Waals surface area contributed by atoms with Gasteiger partial charge in [0.1, 0.15) is 5.75 Å². The molecular weight excluding hydrogens is 424 g/mol. The summed E-state index contributed by atoms with van der Waals surface area (Å²) in [5.41, 5.74) is 1.41. The van der Waals surface area contributed by atoms with Crippen molar-refractivity contribution in [3.8, 4) is 23.0 Å². The molecule has 1 aliphatic rings. The fourth-order valence-electron chi connectivity index (χ4n) is 4.23. The molecule has 0 aromatic heterocycles. The van der Waals surface area contributed by atoms with Crippen LogP contribution in [0.15, 0.2) is 36.4 Å². The first-order valence-electron chi connectivity index (χ1n) is 10.9. The Morgan fingerprint density at radius 3 is 2.03 bits per heavy atom. The molecule has 0 aliphatic carbocycles. The van der Waals surface area contributed by atoms with Gasteiger partial charge in [-0.2, -0.15) is 0 Å². The molecule has 1 fully saturated rings. The van der Waals surface area contributed by atoms with E-state index in [2.05, 4.69) is 0 Å². The number of ether oxygens (including phenoxy) is 4. The molecule has 1 saturated heterocycles. The minimum absolute atomic E-state index is 0.00119. The summed E-state index contributed by atoms with van der Waals surface area (Å²) in [6.07, 6.45) is 0. The number of likely N-dealkylation sites (tertiary alicyclic amines) is 1. The summed E-state index contributed by atoms with van der Waals surface area (Å²) < 4.78 is 21.7. The van der Waals surface area contributed by atoms with Crippen molar-refractivity contribution in [2.75, 3.05) is 55.1 Å². The quantitative estimate of drug-likeness (QED) is 0.608. The predicted molar refractivity (Wildman–Crippen MR) is 125 cm³/mol. The van der Waals surface area contributed by atoms with Gasteiger partial charge in [-0.15, -0.1) is 0 Å². The molecule has 0 radical (unpaired) electrons. The second-order valence-corrected chi connectivity index (χ2v) is 7.96. The number of carbonyl (C=O) groups is 2. The summed E-state index contributed by atoms with van der Waals surface area (Å²) in [5, 5.41) is 0. The van der Waals surface area contributed by atoms with Crippen LogP contribution in [0.25, 0.3) is 0 Å². The Labute approximate surface area is 195 Å². The number of benzene rings is 2. The van der Waals surface area contributed by atoms with Crippen LogP contribution in [0.5, 0.6) is 23.0 Å². The van der Waals surface area contributed by atoms with Gasteiger partial charge in [0, 0.05) is 38.2 Å². The van der Waals surface area contributed by atoms with Crippen molar-refractivity contribution in [3.05, 3.63) is 47.5 Å². The second kappa shape index (κ2) is 10.5. The Hall–Kier alpha value is -3.42. The van der Waals surface area contributed by atoms with Crippen molar-refractivity contribution >= 4 is 11.8 Å². The molecule has 2 aromatic rings. The highest BCUT2D eigenvalue weighted by atomic mass is 16.5. The van der Waals surface area contributed by atoms with Gasteiger partial charge in [0.15, 0.2) is 11.5 Å². The Morgan fingerprint density at radius 2 is 1.55 bits per heavy atom. The first-order chi connectivity index (χ1) is 15.9. The van der Waals surface area contributed by atoms with Gasteiger partial charge in [0.2, 0.25) is 11.7 Å². The standard InChI is InChI=1S/C25H32N2O6/c1-7-26(2)25(29)20-15-27(24(28)16-8-10-18(30-3)11-9-16)14-19(20)17-12-21(31-4)23(33-6)22(13-17)32-5/h8-13,19-20H,7,14-15H2,1-6H3/t19-,20+/m0/s1. The van der Waals surface area contributed by atoms with E-state index in [-0.39, 0.29) is 23.7 Å². The minimum Gasteiger partial charge on any atom is -0.497 e. The first-order valence-corrected chi connectivity index (χ1v) is 10.9. The number of hydrogen-bond donors (Lipinski definition) is 0. The molecule has 33 heavy (non-hydrogen) atoms. The third-order valence-corrected chi connectivity index (χ3v) is 6.23. The topological polar surface area (TPSA) is 77.5 Å². The van der Waals surface area contributed by atoms with E-state index in [9.17, 15) is 9.59 Å². The van der Waals surface area contributed by atoms with E-state index in [4.69, 9.17) is 18.9 Å². The maximum Gasteiger partial charge on any atom is 0.253 e. The van der Waals surface area contributed by atoms with Crippen molar-refractivity contribution in [1.29, 1.82) is 0 Å². The molecule has 2 amide bonds. The second-order valence-electron chi connectivity index (χ2n) is 7.96. The predicted octanol–water partition coefficient (Wildman–Crippen LogP) is 3.06. The van der Waals surface area contributed by atoms with Crippen LogP contribution in [0, 0.1) is 5.92 Å². The Bertz CT molecular complexity index is 966. The van der Waals surface area contributed by atoms with E-state index >= 15 is 0 Å². The van der Waals surface area contributed by atoms with Crippen LogP contribution in [-0.2, 0) is 4.79 Å². The van der Waals surface area contributed by atoms with Gasteiger partial charge in [-0.05, 0) is 48.9 Å². The fraction of sp³-hybridized carbons (Fsp3) is 0.440. The van der Waals surface area contributed by atoms with Gasteiger partial charge >= 0.3 is 0 Å². The molecular formula is C25H32N2O6. The van der Waals surface area contributed by atoms with Crippen LogP contribution in [0.4, 0.5) is 0 Å². The van der Waals surface area contributed by atoms with Crippen molar-refractivity contribution in [1.82, 2.24) is 9.80 Å². The lowest BCUT2D eigenvalue weighted by atomic mass is 9.87. The van der Waals surface area contributed by atoms with Crippen LogP contribution >= 0.6 is 0 Å². The summed E-state index contributed by atoms with van der Waals surface area (Å²) in [6, 6.07) is 10.7. The molecule has 1 aliphatic heterocycles. The molecule has 3 rings (SSSR count). The highest BCUT2D eigenvalue weighted by Gasteiger charge is 2.42. The number of hydrogen-bond acceptors (Lipinski definition) is 6. The van der Waals surface area contributed by atoms with E-state index in [1.54, 1.807) is 69.6 Å². The van der Waals surface area contributed by atoms with E-state index in [0.717, 1.165) is 5.56 Å². The molecule has 0 unspecified atom stereocenters. The number of methoxy groups -OCH3 is 4. The zero-order valence-electron chi connectivity index (χ0n) is 20.1. The van der Waals surface area contributed by atoms with Crippen molar-refractivity contribution in [3.63, 3.8) is 0 Å². The third-order valence-electron chi connectivity index (χ3n) is 6.23. The average Bonchev–Trinajstić information content (AvgIpc) is 3.31. The number of nitrogens with zero attached hydrogens (tertiary/aromatic N) is 2. The molecule has 0 bridgehead atoms. The lowest BCUT2D eigenvalue weighted by molar-refractivity contribution is -0.133. The molecule has 2 aromatic carbocycles. The van der Waals surface area contributed by atoms with Gasteiger partial charge in [-0.3, -0.25) is 9.59 Å². The van der Waals surface area contributed by atoms with Gasteiger partial charge in [-0.25, -0.2) is 0 Å². The first kappa shape index (κ1) is 24.2. The van der Waals surface area contributed by atoms with Gasteiger partial charge in [0.25, 0.3) is 5.91 Å². The smallest absolute Gasteiger partial charge is 0.253 e. The maximum absolute atomic E-state index is 13.3. The van der Waals surface area contributed by atoms with E-state index < -0.39 is 0 Å². The molecule has 0 N–H and O–H groups in total. The molecule has 0 saturated carbocycles. The summed E-state index contributed by atoms with van der Waals surface area (Å²) >= 11 is 0. The van der Waals surface area contributed by atoms with Crippen molar-refractivity contribution in [2.24, 2.45) is 5.92 Å². The van der Waals surface area contributed by atoms with Crippen LogP contribution in [0.1, 0.15) is 28.8 Å². The van der Waals surface area contributed by atoms with E-state index in [1.807, 2.05) is 19.1 Å². The van der Waals surface area contributed by atoms with Crippen molar-refractivity contribution in [2.45, 2.75) is 12.8 Å². The molecule has 2 atom stereocenters. The Morgan fingerprint density at radius 1 is 0.939 bits per heavy atom. The highest BCUT2D eigenvalue weighted by molar-refractivity contribution is 5.95. The van der Waals surface area contributed by atoms with Crippen molar-refractivity contribution < 1.29 is 28.5 Å². The SMILES string of the molecule is CCN(C)C(=O)[C@@H]1CN(C(=O)c2ccc(OC)cc2)C[C@H]1c1cc(OC)c(OC)c(OC)c1. The molecule has 178 valence electrons. The largest absolute Gasteiger partial charge is 0.497 e.